The zero-order chi connectivity index (χ0) is 6.95. The van der Waals surface area contributed by atoms with Gasteiger partial charge in [0.1, 0.15) is 0 Å². The second-order valence-electron chi connectivity index (χ2n) is 1.28. The summed E-state index contributed by atoms with van der Waals surface area (Å²) >= 11 is 0. The molecule has 2 heteroatoms. The molecule has 0 unspecified atom stereocenters. The van der Waals surface area contributed by atoms with Gasteiger partial charge in [0.15, 0.2) is 0 Å². The van der Waals surface area contributed by atoms with Gasteiger partial charge < -0.3 is 4.79 Å². The van der Waals surface area contributed by atoms with Crippen molar-refractivity contribution in [3.63, 3.8) is 0 Å². The van der Waals surface area contributed by atoms with Gasteiger partial charge in [-0.1, -0.05) is 0 Å². The van der Waals surface area contributed by atoms with E-state index in [1.165, 1.54) is 13.2 Å². The first kappa shape index (κ1) is 12.4. The van der Waals surface area contributed by atoms with Gasteiger partial charge in [-0.2, -0.15) is 43.3 Å². The van der Waals surface area contributed by atoms with Gasteiger partial charge in [-0.3, -0.25) is 6.29 Å². The Morgan fingerprint density at radius 1 is 1.20 bits per heavy atom. The Morgan fingerprint density at radius 2 is 1.60 bits per heavy atom. The Morgan fingerprint density at radius 3 is 1.70 bits per heavy atom. The molecule has 1 rings (SSSR count). The van der Waals surface area contributed by atoms with Gasteiger partial charge in [-0.15, -0.1) is 0 Å². The zero-order valence-corrected chi connectivity index (χ0v) is 9.39. The van der Waals surface area contributed by atoms with Crippen LogP contribution in [-0.4, -0.2) is 6.29 Å². The summed E-state index contributed by atoms with van der Waals surface area (Å²) in [7, 11) is 0. The van der Waals surface area contributed by atoms with Crippen molar-refractivity contribution in [2.24, 2.45) is 0 Å². The summed E-state index contributed by atoms with van der Waals surface area (Å²) in [4.78, 5) is 8.68. The summed E-state index contributed by atoms with van der Waals surface area (Å²) in [5, 5.41) is 0. The quantitative estimate of drug-likeness (QED) is 0.525. The van der Waals surface area contributed by atoms with Gasteiger partial charge >= 0.3 is 0 Å². The third kappa shape index (κ3) is 10.7. The van der Waals surface area contributed by atoms with Crippen molar-refractivity contribution >= 4 is 6.29 Å². The molecule has 10 heavy (non-hydrogen) atoms. The van der Waals surface area contributed by atoms with E-state index in [2.05, 4.69) is 6.07 Å². The molecule has 0 aromatic heterocycles. The number of rotatable bonds is 0. The number of carbonyl (C=O) groups excluding carboxylic acids is 1. The van der Waals surface area contributed by atoms with Crippen LogP contribution in [-0.2, 0) is 30.6 Å². The van der Waals surface area contributed by atoms with E-state index in [0.717, 1.165) is 0 Å². The second kappa shape index (κ2) is 11.5. The Hall–Kier alpha value is -0.240. The van der Waals surface area contributed by atoms with E-state index in [-0.39, 0.29) is 25.8 Å². The molecule has 0 radical (unpaired) electrons. The Balaban J connectivity index is 0. The molecule has 0 aliphatic carbocycles. The molecule has 0 fully saturated rings. The number of benzene rings is 1. The van der Waals surface area contributed by atoms with Crippen LogP contribution in [0.15, 0.2) is 30.3 Å². The molecule has 0 spiro atoms. The first-order valence-corrected chi connectivity index (χ1v) is 2.61. The fourth-order valence-electron chi connectivity index (χ4n) is 0.342. The summed E-state index contributed by atoms with van der Waals surface area (Å²) in [5.74, 6) is 0. The average molecular weight is 299 g/mol. The van der Waals surface area contributed by atoms with Gasteiger partial charge in [0.2, 0.25) is 0 Å². The van der Waals surface area contributed by atoms with E-state index in [0.29, 0.717) is 0 Å². The van der Waals surface area contributed by atoms with Crippen LogP contribution < -0.4 is 0 Å². The molecule has 0 bridgehead atoms. The van der Waals surface area contributed by atoms with Crippen LogP contribution in [0.2, 0.25) is 0 Å². The molecule has 1 aromatic carbocycles. The molecular weight excluding hydrogens is 291 g/mol. The molecule has 1 aromatic rings. The molecule has 1 nitrogen and oxygen atoms in total. The van der Waals surface area contributed by atoms with E-state index in [4.69, 9.17) is 4.79 Å². The van der Waals surface area contributed by atoms with Gasteiger partial charge in [0.25, 0.3) is 0 Å². The predicted molar refractivity (Wildman–Crippen MR) is 36.6 cm³/mol. The van der Waals surface area contributed by atoms with Crippen LogP contribution in [0.4, 0.5) is 0 Å². The predicted octanol–water partition coefficient (Wildman–Crippen LogP) is 1.60. The molecule has 0 N–H and O–H groups in total. The normalized spacial score (nSPS) is 6.10. The third-order valence-electron chi connectivity index (χ3n) is 0.607. The zero-order valence-electron chi connectivity index (χ0n) is 5.79. The number of hydrogen-bond donors (Lipinski definition) is 0. The molecule has 0 aliphatic rings. The first-order chi connectivity index (χ1) is 4.41. The van der Waals surface area contributed by atoms with Crippen molar-refractivity contribution in [1.29, 1.82) is 0 Å². The fraction of sp³-hybridized carbons (Fsp3) is 0.125. The Kier molecular flexibility index (Phi) is 14.4. The van der Waals surface area contributed by atoms with Crippen molar-refractivity contribution in [3.05, 3.63) is 36.4 Å². The van der Waals surface area contributed by atoms with Crippen LogP contribution in [0.25, 0.3) is 0 Å². The molecule has 0 amide bonds. The summed E-state index contributed by atoms with van der Waals surface area (Å²) in [5.41, 5.74) is 0. The first-order valence-electron chi connectivity index (χ1n) is 2.61. The Bertz CT molecular complexity index is 112. The van der Waals surface area contributed by atoms with Gasteiger partial charge in [-0.25, -0.2) is 0 Å². The molecule has 0 aliphatic heterocycles. The fourth-order valence-corrected chi connectivity index (χ4v) is 0.342. The molecule has 0 saturated carbocycles. The Labute approximate surface area is 80.2 Å². The number of hydrogen-bond acceptors (Lipinski definition) is 1. The van der Waals surface area contributed by atoms with Crippen molar-refractivity contribution in [1.82, 2.24) is 0 Å². The van der Waals surface area contributed by atoms with Crippen LogP contribution in [0, 0.1) is 6.07 Å². The molecule has 0 heterocycles. The van der Waals surface area contributed by atoms with Crippen LogP contribution in [0.3, 0.4) is 0 Å². The second-order valence-corrected chi connectivity index (χ2v) is 1.28. The van der Waals surface area contributed by atoms with E-state index in [9.17, 15) is 0 Å². The standard InChI is InChI=1S/C6H5.C2H3O.Hf/c1-2-4-6-5-3-1;1-2-3;/h1-5H;1H3;/q2*-1;. The van der Waals surface area contributed by atoms with Crippen molar-refractivity contribution < 1.29 is 30.6 Å². The van der Waals surface area contributed by atoms with Crippen molar-refractivity contribution in [2.75, 3.05) is 0 Å². The minimum absolute atomic E-state index is 0. The SMILES string of the molecule is C[C-]=O.[Hf].[c-]1ccccc1. The third-order valence-corrected chi connectivity index (χ3v) is 0.607. The maximum Gasteiger partial charge on any atom is 0 e. The smallest absolute Gasteiger partial charge is 0 e. The molecular formula is C8H8HfO-2. The monoisotopic (exact) mass is 300 g/mol. The minimum atomic E-state index is 0. The minimum Gasteiger partial charge on any atom is -0.542 e. The molecule has 52 valence electrons. The maximum atomic E-state index is 8.68. The summed E-state index contributed by atoms with van der Waals surface area (Å²) < 4.78 is 0. The summed E-state index contributed by atoms with van der Waals surface area (Å²) in [6.07, 6.45) is 1.50. The van der Waals surface area contributed by atoms with Gasteiger partial charge in [0, 0.05) is 25.8 Å². The van der Waals surface area contributed by atoms with Gasteiger partial charge in [0.05, 0.1) is 0 Å². The summed E-state index contributed by atoms with van der Waals surface area (Å²) in [6, 6.07) is 12.5. The van der Waals surface area contributed by atoms with E-state index < -0.39 is 0 Å². The summed E-state index contributed by atoms with van der Waals surface area (Å²) in [6.45, 7) is 1.32. The molecule has 0 saturated heterocycles. The van der Waals surface area contributed by atoms with Crippen molar-refractivity contribution in [3.8, 4) is 0 Å². The van der Waals surface area contributed by atoms with Gasteiger partial charge in [-0.05, 0) is 0 Å². The van der Waals surface area contributed by atoms with Crippen molar-refractivity contribution in [2.45, 2.75) is 6.92 Å². The molecule has 0 atom stereocenters. The van der Waals surface area contributed by atoms with E-state index >= 15 is 0 Å². The average Bonchev–Trinajstić information content (AvgIpc) is 1.93. The van der Waals surface area contributed by atoms with Crippen LogP contribution in [0.5, 0.6) is 0 Å². The maximum absolute atomic E-state index is 8.68. The topological polar surface area (TPSA) is 17.1 Å². The van der Waals surface area contributed by atoms with Crippen LogP contribution in [0.1, 0.15) is 6.92 Å². The largest absolute Gasteiger partial charge is 0.542 e. The van der Waals surface area contributed by atoms with E-state index in [1.54, 1.807) is 0 Å². The van der Waals surface area contributed by atoms with E-state index in [1.807, 2.05) is 30.3 Å². The van der Waals surface area contributed by atoms with Crippen LogP contribution >= 0.6 is 0 Å².